The molecule has 2 rings (SSSR count). The number of carbonyl (C=O) groups is 4. The Balaban J connectivity index is 2.02. The number of carboxylic acids is 2. The molecule has 15 heteroatoms. The monoisotopic (exact) mass is 420 g/mol. The Morgan fingerprint density at radius 2 is 1.83 bits per heavy atom. The number of nitrogens with zero attached hydrogens (tertiary/aromatic N) is 2. The molecule has 1 unspecified atom stereocenters. The molecule has 0 spiro atoms. The molecule has 10 N–H and O–H groups in total. The Morgan fingerprint density at radius 3 is 2.37 bits per heavy atom. The first kappa shape index (κ1) is 21.6. The van der Waals surface area contributed by atoms with Crippen molar-refractivity contribution in [1.82, 2.24) is 20.3 Å². The predicted octanol–water partition coefficient (Wildman–Crippen LogP) is -1.37. The van der Waals surface area contributed by atoms with Crippen LogP contribution >= 0.6 is 0 Å². The zero-order chi connectivity index (χ0) is 22.4. The number of carboxylic acid groups (broad SMARTS) is 2. The van der Waals surface area contributed by atoms with E-state index in [-0.39, 0.29) is 28.8 Å². The van der Waals surface area contributed by atoms with Crippen LogP contribution in [0.1, 0.15) is 16.9 Å². The van der Waals surface area contributed by atoms with Crippen LogP contribution in [0, 0.1) is 0 Å². The first-order valence-corrected chi connectivity index (χ1v) is 8.01. The average molecular weight is 420 g/mol. The van der Waals surface area contributed by atoms with Gasteiger partial charge < -0.3 is 32.3 Å². The van der Waals surface area contributed by atoms with Crippen molar-refractivity contribution in [3.63, 3.8) is 0 Å². The van der Waals surface area contributed by atoms with E-state index in [0.29, 0.717) is 0 Å². The van der Waals surface area contributed by atoms with E-state index >= 15 is 0 Å². The second-order valence-corrected chi connectivity index (χ2v) is 5.68. The molecule has 1 atom stereocenters. The van der Waals surface area contributed by atoms with Crippen LogP contribution in [0.4, 0.5) is 27.9 Å². The van der Waals surface area contributed by atoms with Gasteiger partial charge in [-0.15, -0.1) is 0 Å². The number of carbonyl (C=O) groups excluding carboxylic acids is 2. The van der Waals surface area contributed by atoms with Gasteiger partial charge in [0, 0.05) is 0 Å². The highest BCUT2D eigenvalue weighted by molar-refractivity contribution is 6.01. The molecule has 0 radical (unpaired) electrons. The molecule has 0 bridgehead atoms. The number of aromatic nitrogens is 3. The maximum atomic E-state index is 12.0. The lowest BCUT2D eigenvalue weighted by Crippen LogP contribution is -2.42. The highest BCUT2D eigenvalue weighted by Gasteiger charge is 2.24. The molecular weight excluding hydrogens is 404 g/mol. The minimum absolute atomic E-state index is 0.114. The quantitative estimate of drug-likeness (QED) is 0.259. The number of H-pyrrole nitrogens is 1. The topological polar surface area (TPSA) is 256 Å². The van der Waals surface area contributed by atoms with Crippen LogP contribution in [0.3, 0.4) is 0 Å². The number of aromatic amines is 1. The second-order valence-electron chi connectivity index (χ2n) is 5.68. The van der Waals surface area contributed by atoms with Crippen LogP contribution in [0.25, 0.3) is 0 Å². The van der Waals surface area contributed by atoms with Crippen molar-refractivity contribution in [1.29, 1.82) is 0 Å². The van der Waals surface area contributed by atoms with Crippen molar-refractivity contribution in [2.75, 3.05) is 22.1 Å². The maximum Gasteiger partial charge on any atom is 0.326 e. The summed E-state index contributed by atoms with van der Waals surface area (Å²) in [4.78, 5) is 66.9. The fraction of sp³-hybridized carbons (Fsp3) is 0.133. The van der Waals surface area contributed by atoms with Gasteiger partial charge in [-0.05, 0) is 12.1 Å². The van der Waals surface area contributed by atoms with E-state index in [4.69, 9.17) is 21.7 Å². The summed E-state index contributed by atoms with van der Waals surface area (Å²) in [5, 5.41) is 24.1. The molecule has 0 fully saturated rings. The molecule has 2 aromatic heterocycles. The molecule has 0 aliphatic carbocycles. The molecule has 0 saturated heterocycles. The maximum absolute atomic E-state index is 12.0. The van der Waals surface area contributed by atoms with Crippen LogP contribution < -0.4 is 33.0 Å². The largest absolute Gasteiger partial charge is 0.481 e. The number of nitrogen functional groups attached to an aromatic ring is 2. The Labute approximate surface area is 166 Å². The number of aliphatic carboxylic acids is 2. The van der Waals surface area contributed by atoms with Crippen LogP contribution in [0.2, 0.25) is 0 Å². The minimum Gasteiger partial charge on any atom is -0.481 e. The van der Waals surface area contributed by atoms with Gasteiger partial charge in [-0.1, -0.05) is 0 Å². The number of nitrogens with two attached hydrogens (primary N) is 2. The van der Waals surface area contributed by atoms with Gasteiger partial charge in [-0.2, -0.15) is 4.98 Å². The lowest BCUT2D eigenvalue weighted by atomic mass is 10.2. The Bertz CT molecular complexity index is 1050. The van der Waals surface area contributed by atoms with E-state index in [1.165, 1.54) is 6.07 Å². The van der Waals surface area contributed by atoms with Gasteiger partial charge in [0.1, 0.15) is 11.7 Å². The van der Waals surface area contributed by atoms with Crippen LogP contribution in [-0.4, -0.2) is 55.1 Å². The van der Waals surface area contributed by atoms with Crippen LogP contribution in [-0.2, 0) is 9.59 Å². The van der Waals surface area contributed by atoms with Gasteiger partial charge in [0.2, 0.25) is 5.95 Å². The zero-order valence-corrected chi connectivity index (χ0v) is 15.0. The number of anilines is 4. The van der Waals surface area contributed by atoms with E-state index in [1.54, 1.807) is 0 Å². The number of hydrogen-bond donors (Lipinski definition) is 8. The Kier molecular flexibility index (Phi) is 6.48. The van der Waals surface area contributed by atoms with Crippen LogP contribution in [0.5, 0.6) is 0 Å². The molecule has 2 aromatic rings. The van der Waals surface area contributed by atoms with Crippen molar-refractivity contribution < 1.29 is 29.4 Å². The summed E-state index contributed by atoms with van der Waals surface area (Å²) in [6, 6.07) is -0.0811. The van der Waals surface area contributed by atoms with Crippen molar-refractivity contribution in [2.45, 2.75) is 12.5 Å². The van der Waals surface area contributed by atoms with E-state index in [9.17, 15) is 24.0 Å². The first-order chi connectivity index (χ1) is 14.1. The molecular formula is C15H16N8O7. The third kappa shape index (κ3) is 5.65. The Morgan fingerprint density at radius 1 is 1.13 bits per heavy atom. The van der Waals surface area contributed by atoms with E-state index in [0.717, 1.165) is 12.3 Å². The molecule has 0 saturated carbocycles. The van der Waals surface area contributed by atoms with Crippen molar-refractivity contribution in [2.24, 2.45) is 0 Å². The van der Waals surface area contributed by atoms with Crippen molar-refractivity contribution >= 4 is 47.0 Å². The van der Waals surface area contributed by atoms with E-state index in [1.807, 2.05) is 5.32 Å². The highest BCUT2D eigenvalue weighted by atomic mass is 16.4. The number of pyridine rings is 1. The van der Waals surface area contributed by atoms with Gasteiger partial charge in [0.15, 0.2) is 11.5 Å². The Hall–Kier alpha value is -4.69. The number of amides is 3. The molecule has 15 nitrogen and oxygen atoms in total. The lowest BCUT2D eigenvalue weighted by Gasteiger charge is -2.12. The second kappa shape index (κ2) is 9.00. The molecule has 0 aliphatic rings. The summed E-state index contributed by atoms with van der Waals surface area (Å²) in [7, 11) is 0. The van der Waals surface area contributed by atoms with Gasteiger partial charge in [-0.25, -0.2) is 14.6 Å². The summed E-state index contributed by atoms with van der Waals surface area (Å²) in [5.41, 5.74) is 9.63. The van der Waals surface area contributed by atoms with Gasteiger partial charge in [-0.3, -0.25) is 24.7 Å². The predicted molar refractivity (Wildman–Crippen MR) is 102 cm³/mol. The third-order valence-electron chi connectivity index (χ3n) is 3.44. The SMILES string of the molecule is Nc1nc(N)c(NC(=O)Nc2ccc(C(=O)NC(CC(=O)O)C(=O)O)nc2)c(=O)[nH]1. The minimum atomic E-state index is -1.64. The molecule has 0 aromatic carbocycles. The smallest absolute Gasteiger partial charge is 0.326 e. The molecule has 2 heterocycles. The zero-order valence-electron chi connectivity index (χ0n) is 15.0. The summed E-state index contributed by atoms with van der Waals surface area (Å²) in [6.45, 7) is 0. The molecule has 30 heavy (non-hydrogen) atoms. The number of rotatable bonds is 7. The molecule has 3 amide bonds. The first-order valence-electron chi connectivity index (χ1n) is 8.01. The summed E-state index contributed by atoms with van der Waals surface area (Å²) in [6.07, 6.45) is 0.263. The lowest BCUT2D eigenvalue weighted by molar-refractivity contribution is -0.145. The molecule has 0 aliphatic heterocycles. The van der Waals surface area contributed by atoms with Gasteiger partial charge in [0.05, 0.1) is 18.3 Å². The summed E-state index contributed by atoms with van der Waals surface area (Å²) in [5.74, 6) is -4.38. The van der Waals surface area contributed by atoms with Gasteiger partial charge in [0.25, 0.3) is 11.5 Å². The fourth-order valence-corrected chi connectivity index (χ4v) is 2.11. The number of nitrogens with one attached hydrogen (secondary N) is 4. The number of urea groups is 1. The third-order valence-corrected chi connectivity index (χ3v) is 3.44. The van der Waals surface area contributed by atoms with Crippen molar-refractivity contribution in [3.05, 3.63) is 34.4 Å². The van der Waals surface area contributed by atoms with Gasteiger partial charge >= 0.3 is 18.0 Å². The fourth-order valence-electron chi connectivity index (χ4n) is 2.11. The standard InChI is InChI=1S/C15H16N8O7/c16-10-9(12(27)23-14(17)22-10)21-15(30)19-5-1-2-6(18-4-5)11(26)20-7(13(28)29)3-8(24)25/h1-2,4,7H,3H2,(H,20,26)(H,24,25)(H,28,29)(H2,19,21,30)(H5,16,17,22,23,27). The highest BCUT2D eigenvalue weighted by Crippen LogP contribution is 2.11. The average Bonchev–Trinajstić information content (AvgIpc) is 2.64. The summed E-state index contributed by atoms with van der Waals surface area (Å²) >= 11 is 0. The van der Waals surface area contributed by atoms with Crippen molar-refractivity contribution in [3.8, 4) is 0 Å². The van der Waals surface area contributed by atoms with Crippen LogP contribution in [0.15, 0.2) is 23.1 Å². The van der Waals surface area contributed by atoms with E-state index < -0.39 is 41.9 Å². The van der Waals surface area contributed by atoms with E-state index in [2.05, 4.69) is 25.6 Å². The number of hydrogen-bond acceptors (Lipinski definition) is 9. The normalized spacial score (nSPS) is 11.2. The summed E-state index contributed by atoms with van der Waals surface area (Å²) < 4.78 is 0. The molecule has 158 valence electrons.